The third-order valence-electron chi connectivity index (χ3n) is 5.08. The van der Waals surface area contributed by atoms with Crippen molar-refractivity contribution in [3.8, 4) is 5.75 Å². The molecule has 1 saturated heterocycles. The van der Waals surface area contributed by atoms with Crippen molar-refractivity contribution >= 4 is 15.7 Å². The molecule has 2 heterocycles. The van der Waals surface area contributed by atoms with E-state index in [1.165, 1.54) is 0 Å². The fourth-order valence-electron chi connectivity index (χ4n) is 3.55. The molecule has 2 atom stereocenters. The molecular formula is C17H24N2O4S. The van der Waals surface area contributed by atoms with Crippen molar-refractivity contribution in [2.24, 2.45) is 0 Å². The summed E-state index contributed by atoms with van der Waals surface area (Å²) in [6.45, 7) is 3.86. The highest BCUT2D eigenvalue weighted by Gasteiger charge is 2.40. The van der Waals surface area contributed by atoms with Crippen LogP contribution in [0, 0.1) is 0 Å². The second kappa shape index (κ2) is 5.89. The summed E-state index contributed by atoms with van der Waals surface area (Å²) in [6.07, 6.45) is 2.99. The Labute approximate surface area is 143 Å². The number of aliphatic hydroxyl groups excluding tert-OH is 1. The average Bonchev–Trinajstić information content (AvgIpc) is 3.26. The molecule has 0 unspecified atom stereocenters. The third-order valence-corrected chi connectivity index (χ3v) is 7.07. The topological polar surface area (TPSA) is 70.1 Å². The highest BCUT2D eigenvalue weighted by atomic mass is 32.2. The van der Waals surface area contributed by atoms with Crippen LogP contribution < -0.4 is 9.64 Å². The Hall–Kier alpha value is -1.31. The van der Waals surface area contributed by atoms with Gasteiger partial charge < -0.3 is 14.7 Å². The van der Waals surface area contributed by atoms with Crippen LogP contribution in [0.15, 0.2) is 23.1 Å². The second-order valence-corrected chi connectivity index (χ2v) is 8.94. The van der Waals surface area contributed by atoms with E-state index in [1.807, 2.05) is 19.1 Å². The summed E-state index contributed by atoms with van der Waals surface area (Å²) in [6, 6.07) is 5.46. The molecule has 0 amide bonds. The van der Waals surface area contributed by atoms with E-state index in [0.717, 1.165) is 31.5 Å². The van der Waals surface area contributed by atoms with Gasteiger partial charge in [-0.3, -0.25) is 0 Å². The summed E-state index contributed by atoms with van der Waals surface area (Å²) in [5, 5.41) is 9.73. The lowest BCUT2D eigenvalue weighted by molar-refractivity contribution is 0.186. The van der Waals surface area contributed by atoms with Crippen molar-refractivity contribution in [1.82, 2.24) is 4.31 Å². The molecular weight excluding hydrogens is 328 g/mol. The number of fused-ring (bicyclic) bond motifs is 1. The Kier molecular flexibility index (Phi) is 3.97. The van der Waals surface area contributed by atoms with Gasteiger partial charge in [0.2, 0.25) is 10.0 Å². The molecule has 2 fully saturated rings. The fourth-order valence-corrected chi connectivity index (χ4v) is 5.35. The van der Waals surface area contributed by atoms with Gasteiger partial charge in [-0.05, 0) is 44.7 Å². The number of β-amino-alcohol motifs (C(OH)–C–C–N with tert-alkyl or cyclic N) is 1. The van der Waals surface area contributed by atoms with Gasteiger partial charge in [-0.2, -0.15) is 4.31 Å². The van der Waals surface area contributed by atoms with Gasteiger partial charge in [-0.25, -0.2) is 8.42 Å². The Morgan fingerprint density at radius 1 is 1.17 bits per heavy atom. The molecule has 3 aliphatic rings. The Bertz CT molecular complexity index is 732. The average molecular weight is 352 g/mol. The van der Waals surface area contributed by atoms with E-state index in [-0.39, 0.29) is 23.1 Å². The normalized spacial score (nSPS) is 30.3. The van der Waals surface area contributed by atoms with Crippen LogP contribution in [0.3, 0.4) is 0 Å². The quantitative estimate of drug-likeness (QED) is 0.875. The van der Waals surface area contributed by atoms with Crippen molar-refractivity contribution < 1.29 is 18.3 Å². The summed E-state index contributed by atoms with van der Waals surface area (Å²) in [4.78, 5) is 2.34. The van der Waals surface area contributed by atoms with Crippen LogP contribution in [0.1, 0.15) is 32.6 Å². The minimum Gasteiger partial charge on any atom is -0.489 e. The van der Waals surface area contributed by atoms with E-state index in [2.05, 4.69) is 4.90 Å². The number of hydrogen-bond acceptors (Lipinski definition) is 5. The highest BCUT2D eigenvalue weighted by molar-refractivity contribution is 7.89. The molecule has 1 aliphatic carbocycles. The van der Waals surface area contributed by atoms with Gasteiger partial charge in [-0.15, -0.1) is 0 Å². The summed E-state index contributed by atoms with van der Waals surface area (Å²) in [7, 11) is -3.51. The second-order valence-electron chi connectivity index (χ2n) is 7.08. The third kappa shape index (κ3) is 2.89. The fraction of sp³-hybridized carbons (Fsp3) is 0.647. The van der Waals surface area contributed by atoms with Crippen LogP contribution in [-0.2, 0) is 10.0 Å². The van der Waals surface area contributed by atoms with E-state index in [0.29, 0.717) is 25.3 Å². The lowest BCUT2D eigenvalue weighted by atomic mass is 10.2. The molecule has 1 saturated carbocycles. The van der Waals surface area contributed by atoms with Crippen LogP contribution >= 0.6 is 0 Å². The number of ether oxygens (including phenoxy) is 1. The number of benzene rings is 1. The predicted molar refractivity (Wildman–Crippen MR) is 90.9 cm³/mol. The first-order valence-electron chi connectivity index (χ1n) is 8.71. The maximum atomic E-state index is 13.0. The van der Waals surface area contributed by atoms with Crippen LogP contribution in [0.4, 0.5) is 5.69 Å². The highest BCUT2D eigenvalue weighted by Crippen LogP contribution is 2.39. The van der Waals surface area contributed by atoms with Gasteiger partial charge in [-0.1, -0.05) is 0 Å². The summed E-state index contributed by atoms with van der Waals surface area (Å²) in [5.74, 6) is 0.437. The van der Waals surface area contributed by atoms with Gasteiger partial charge in [0.15, 0.2) is 0 Å². The van der Waals surface area contributed by atoms with E-state index in [9.17, 15) is 13.5 Å². The van der Waals surface area contributed by atoms with Crippen molar-refractivity contribution in [3.63, 3.8) is 0 Å². The zero-order valence-electron chi connectivity index (χ0n) is 13.9. The molecule has 0 spiro atoms. The monoisotopic (exact) mass is 352 g/mol. The largest absolute Gasteiger partial charge is 0.489 e. The molecule has 6 nitrogen and oxygen atoms in total. The maximum Gasteiger partial charge on any atom is 0.247 e. The molecule has 1 N–H and O–H groups in total. The first-order chi connectivity index (χ1) is 11.4. The number of hydrogen-bond donors (Lipinski definition) is 1. The van der Waals surface area contributed by atoms with E-state index in [4.69, 9.17) is 4.74 Å². The van der Waals surface area contributed by atoms with Crippen molar-refractivity contribution in [2.75, 3.05) is 24.5 Å². The molecule has 4 rings (SSSR count). The van der Waals surface area contributed by atoms with Gasteiger partial charge in [0.1, 0.15) is 10.6 Å². The van der Waals surface area contributed by atoms with Gasteiger partial charge >= 0.3 is 0 Å². The van der Waals surface area contributed by atoms with Crippen molar-refractivity contribution in [3.05, 3.63) is 18.2 Å². The number of anilines is 1. The Balaban J connectivity index is 1.73. The molecule has 7 heteroatoms. The molecule has 2 aliphatic heterocycles. The smallest absolute Gasteiger partial charge is 0.247 e. The summed E-state index contributed by atoms with van der Waals surface area (Å²) < 4.78 is 33.7. The van der Waals surface area contributed by atoms with Crippen LogP contribution in [0.25, 0.3) is 0 Å². The molecule has 0 bridgehead atoms. The van der Waals surface area contributed by atoms with E-state index < -0.39 is 10.0 Å². The van der Waals surface area contributed by atoms with Crippen LogP contribution in [-0.4, -0.2) is 55.7 Å². The van der Waals surface area contributed by atoms with Gasteiger partial charge in [0.05, 0.1) is 12.2 Å². The van der Waals surface area contributed by atoms with E-state index in [1.54, 1.807) is 10.4 Å². The van der Waals surface area contributed by atoms with Gasteiger partial charge in [0, 0.05) is 37.4 Å². The molecule has 132 valence electrons. The molecule has 0 radical (unpaired) electrons. The SMILES string of the molecule is C[C@@H]1CCN(C2CC2)S(=O)(=O)c2ccc(N3CC[C@@H](O)C3)cc2O1. The van der Waals surface area contributed by atoms with Crippen molar-refractivity contribution in [1.29, 1.82) is 0 Å². The molecule has 0 aromatic heterocycles. The van der Waals surface area contributed by atoms with Crippen LogP contribution in [0.5, 0.6) is 5.75 Å². The molecule has 1 aromatic carbocycles. The number of rotatable bonds is 2. The lowest BCUT2D eigenvalue weighted by Crippen LogP contribution is -2.38. The van der Waals surface area contributed by atoms with Gasteiger partial charge in [0.25, 0.3) is 0 Å². The van der Waals surface area contributed by atoms with E-state index >= 15 is 0 Å². The number of aliphatic hydroxyl groups is 1. The van der Waals surface area contributed by atoms with Crippen LogP contribution in [0.2, 0.25) is 0 Å². The predicted octanol–water partition coefficient (Wildman–Crippen LogP) is 1.58. The molecule has 1 aromatic rings. The summed E-state index contributed by atoms with van der Waals surface area (Å²) in [5.41, 5.74) is 0.909. The first-order valence-corrected chi connectivity index (χ1v) is 10.1. The summed E-state index contributed by atoms with van der Waals surface area (Å²) >= 11 is 0. The number of nitrogens with zero attached hydrogens (tertiary/aromatic N) is 2. The maximum absolute atomic E-state index is 13.0. The lowest BCUT2D eigenvalue weighted by Gasteiger charge is -2.29. The minimum atomic E-state index is -3.51. The van der Waals surface area contributed by atoms with Crippen molar-refractivity contribution in [2.45, 2.75) is 55.8 Å². The molecule has 24 heavy (non-hydrogen) atoms. The number of sulfonamides is 1. The Morgan fingerprint density at radius 3 is 2.62 bits per heavy atom. The zero-order chi connectivity index (χ0) is 16.9. The minimum absolute atomic E-state index is 0.0279. The Morgan fingerprint density at radius 2 is 1.96 bits per heavy atom. The zero-order valence-corrected chi connectivity index (χ0v) is 14.7. The standard InChI is InChI=1S/C17H24N2O4S/c1-12-6-9-19(13-2-3-13)24(21,22)17-5-4-14(10-16(17)23-12)18-8-7-15(20)11-18/h4-5,10,12-13,15,20H,2-3,6-9,11H2,1H3/t12-,15-/m1/s1. The first kappa shape index (κ1) is 16.2.